The third-order valence-corrected chi connectivity index (χ3v) is 2.43. The molecule has 1 amide bonds. The van der Waals surface area contributed by atoms with Crippen molar-refractivity contribution in [3.05, 3.63) is 39.4 Å². The number of carbonyl (C=O) groups is 1. The Hall–Kier alpha value is -1.99. The molecule has 98 valence electrons. The van der Waals surface area contributed by atoms with Gasteiger partial charge >= 0.3 is 0 Å². The molecule has 1 rings (SSSR count). The summed E-state index contributed by atoms with van der Waals surface area (Å²) < 4.78 is 0. The van der Waals surface area contributed by atoms with Gasteiger partial charge in [-0.15, -0.1) is 0 Å². The third kappa shape index (κ3) is 3.25. The van der Waals surface area contributed by atoms with Crippen molar-refractivity contribution in [3.8, 4) is 0 Å². The zero-order valence-corrected chi connectivity index (χ0v) is 9.79. The number of nitro groups is 1. The summed E-state index contributed by atoms with van der Waals surface area (Å²) in [6.45, 7) is 0.771. The molecule has 0 aliphatic rings. The van der Waals surface area contributed by atoms with Crippen molar-refractivity contribution < 1.29 is 19.9 Å². The molecule has 0 unspecified atom stereocenters. The number of amides is 1. The second-order valence-electron chi connectivity index (χ2n) is 3.79. The van der Waals surface area contributed by atoms with Gasteiger partial charge in [-0.05, 0) is 19.1 Å². The Morgan fingerprint density at radius 2 is 2.06 bits per heavy atom. The Morgan fingerprint density at radius 1 is 1.44 bits per heavy atom. The first-order chi connectivity index (χ1) is 8.49. The van der Waals surface area contributed by atoms with Crippen molar-refractivity contribution >= 4 is 11.6 Å². The maximum absolute atomic E-state index is 11.7. The van der Waals surface area contributed by atoms with Gasteiger partial charge < -0.3 is 15.5 Å². The molecule has 7 nitrogen and oxygen atoms in total. The minimum absolute atomic E-state index is 0.0626. The summed E-state index contributed by atoms with van der Waals surface area (Å²) in [5.41, 5.74) is 0.551. The number of nitrogens with one attached hydrogen (secondary N) is 1. The number of nitro benzene ring substituents is 1. The number of aryl methyl sites for hydroxylation is 1. The molecule has 1 aromatic rings. The highest BCUT2D eigenvalue weighted by molar-refractivity contribution is 5.94. The van der Waals surface area contributed by atoms with E-state index in [1.807, 2.05) is 0 Å². The summed E-state index contributed by atoms with van der Waals surface area (Å²) in [5.74, 6) is -0.499. The first kappa shape index (κ1) is 14.1. The van der Waals surface area contributed by atoms with Crippen LogP contribution in [0.3, 0.4) is 0 Å². The van der Waals surface area contributed by atoms with Crippen LogP contribution >= 0.6 is 0 Å². The molecule has 0 heterocycles. The molecule has 7 heteroatoms. The van der Waals surface area contributed by atoms with Gasteiger partial charge in [-0.1, -0.05) is 0 Å². The largest absolute Gasteiger partial charge is 0.394 e. The maximum Gasteiger partial charge on any atom is 0.272 e. The van der Waals surface area contributed by atoms with E-state index in [4.69, 9.17) is 10.2 Å². The number of benzene rings is 1. The zero-order chi connectivity index (χ0) is 13.7. The molecule has 3 N–H and O–H groups in total. The third-order valence-electron chi connectivity index (χ3n) is 2.43. The summed E-state index contributed by atoms with van der Waals surface area (Å²) in [7, 11) is 0. The van der Waals surface area contributed by atoms with Crippen molar-refractivity contribution in [1.82, 2.24) is 5.32 Å². The molecule has 0 bridgehead atoms. The standard InChI is InChI=1S/C11H14N2O5/c1-7-4-8(2-3-10(7)13(17)18)11(16)12-9(5-14)6-15/h2-4,9,14-15H,5-6H2,1H3,(H,12,16). The van der Waals surface area contributed by atoms with E-state index in [0.29, 0.717) is 5.56 Å². The zero-order valence-electron chi connectivity index (χ0n) is 9.79. The van der Waals surface area contributed by atoms with E-state index in [-0.39, 0.29) is 24.5 Å². The Bertz CT molecular complexity index is 457. The van der Waals surface area contributed by atoms with Crippen LogP contribution in [0.25, 0.3) is 0 Å². The molecule has 0 radical (unpaired) electrons. The second-order valence-corrected chi connectivity index (χ2v) is 3.79. The highest BCUT2D eigenvalue weighted by Crippen LogP contribution is 2.18. The Labute approximate surface area is 103 Å². The van der Waals surface area contributed by atoms with E-state index >= 15 is 0 Å². The van der Waals surface area contributed by atoms with Crippen LogP contribution in [0.5, 0.6) is 0 Å². The van der Waals surface area contributed by atoms with E-state index in [1.54, 1.807) is 0 Å². The normalized spacial score (nSPS) is 10.4. The van der Waals surface area contributed by atoms with E-state index < -0.39 is 16.9 Å². The summed E-state index contributed by atoms with van der Waals surface area (Å²) in [6, 6.07) is 3.22. The minimum atomic E-state index is -0.743. The lowest BCUT2D eigenvalue weighted by atomic mass is 10.1. The lowest BCUT2D eigenvalue weighted by Gasteiger charge is -2.13. The number of aliphatic hydroxyl groups is 2. The Morgan fingerprint density at radius 3 is 2.50 bits per heavy atom. The van der Waals surface area contributed by atoms with Crippen molar-refractivity contribution in [3.63, 3.8) is 0 Å². The summed E-state index contributed by atoms with van der Waals surface area (Å²) in [6.07, 6.45) is 0. The molecule has 0 aliphatic heterocycles. The van der Waals surface area contributed by atoms with Crippen LogP contribution in [0.4, 0.5) is 5.69 Å². The molecule has 0 saturated heterocycles. The van der Waals surface area contributed by atoms with E-state index in [1.165, 1.54) is 25.1 Å². The van der Waals surface area contributed by atoms with E-state index in [0.717, 1.165) is 0 Å². The molecule has 0 aromatic heterocycles. The van der Waals surface area contributed by atoms with Crippen molar-refractivity contribution in [2.45, 2.75) is 13.0 Å². The SMILES string of the molecule is Cc1cc(C(=O)NC(CO)CO)ccc1[N+](=O)[O-]. The van der Waals surface area contributed by atoms with Gasteiger partial charge in [0.15, 0.2) is 0 Å². The molecular weight excluding hydrogens is 240 g/mol. The lowest BCUT2D eigenvalue weighted by molar-refractivity contribution is -0.385. The van der Waals surface area contributed by atoms with Gasteiger partial charge in [0.2, 0.25) is 0 Å². The van der Waals surface area contributed by atoms with Crippen LogP contribution in [-0.2, 0) is 0 Å². The molecular formula is C11H14N2O5. The molecule has 0 atom stereocenters. The predicted octanol–water partition coefficient (Wildman–Crippen LogP) is -0.0138. The van der Waals surface area contributed by atoms with Crippen LogP contribution in [0.15, 0.2) is 18.2 Å². The van der Waals surface area contributed by atoms with E-state index in [2.05, 4.69) is 5.32 Å². The molecule has 0 saturated carbocycles. The number of hydrogen-bond acceptors (Lipinski definition) is 5. The number of rotatable bonds is 5. The van der Waals surface area contributed by atoms with Crippen LogP contribution in [0.2, 0.25) is 0 Å². The fraction of sp³-hybridized carbons (Fsp3) is 0.364. The Kier molecular flexibility index (Phi) is 4.75. The monoisotopic (exact) mass is 254 g/mol. The van der Waals surface area contributed by atoms with Gasteiger partial charge in [0, 0.05) is 17.2 Å². The predicted molar refractivity (Wildman–Crippen MR) is 63.3 cm³/mol. The summed E-state index contributed by atoms with van der Waals surface area (Å²) >= 11 is 0. The fourth-order valence-electron chi connectivity index (χ4n) is 1.42. The van der Waals surface area contributed by atoms with Gasteiger partial charge in [-0.3, -0.25) is 14.9 Å². The van der Waals surface area contributed by atoms with Gasteiger partial charge in [0.05, 0.1) is 24.2 Å². The van der Waals surface area contributed by atoms with Gasteiger partial charge in [-0.2, -0.15) is 0 Å². The summed E-state index contributed by atoms with van der Waals surface area (Å²) in [4.78, 5) is 21.8. The molecule has 0 spiro atoms. The highest BCUT2D eigenvalue weighted by Gasteiger charge is 2.16. The number of nitrogens with zero attached hydrogens (tertiary/aromatic N) is 1. The first-order valence-electron chi connectivity index (χ1n) is 5.27. The smallest absolute Gasteiger partial charge is 0.272 e. The van der Waals surface area contributed by atoms with Crippen LogP contribution in [0.1, 0.15) is 15.9 Å². The lowest BCUT2D eigenvalue weighted by Crippen LogP contribution is -2.40. The van der Waals surface area contributed by atoms with Crippen molar-refractivity contribution in [2.24, 2.45) is 0 Å². The molecule has 18 heavy (non-hydrogen) atoms. The van der Waals surface area contributed by atoms with Gasteiger partial charge in [-0.25, -0.2) is 0 Å². The van der Waals surface area contributed by atoms with Gasteiger partial charge in [0.25, 0.3) is 11.6 Å². The number of carbonyl (C=O) groups excluding carboxylic acids is 1. The minimum Gasteiger partial charge on any atom is -0.394 e. The maximum atomic E-state index is 11.7. The molecule has 1 aromatic carbocycles. The van der Waals surface area contributed by atoms with E-state index in [9.17, 15) is 14.9 Å². The van der Waals surface area contributed by atoms with Crippen LogP contribution in [-0.4, -0.2) is 40.3 Å². The quantitative estimate of drug-likeness (QED) is 0.505. The number of hydrogen-bond donors (Lipinski definition) is 3. The molecule has 0 aliphatic carbocycles. The Balaban J connectivity index is 2.88. The second kappa shape index (κ2) is 6.08. The first-order valence-corrected chi connectivity index (χ1v) is 5.27. The summed E-state index contributed by atoms with van der Waals surface area (Å²) in [5, 5.41) is 30.7. The van der Waals surface area contributed by atoms with Crippen LogP contribution in [0, 0.1) is 17.0 Å². The molecule has 0 fully saturated rings. The highest BCUT2D eigenvalue weighted by atomic mass is 16.6. The van der Waals surface area contributed by atoms with Crippen molar-refractivity contribution in [2.75, 3.05) is 13.2 Å². The topological polar surface area (TPSA) is 113 Å². The van der Waals surface area contributed by atoms with Gasteiger partial charge in [0.1, 0.15) is 0 Å². The average Bonchev–Trinajstić information content (AvgIpc) is 2.34. The van der Waals surface area contributed by atoms with Crippen LogP contribution < -0.4 is 5.32 Å². The number of aliphatic hydroxyl groups excluding tert-OH is 2. The average molecular weight is 254 g/mol. The fourth-order valence-corrected chi connectivity index (χ4v) is 1.42. The van der Waals surface area contributed by atoms with Crippen molar-refractivity contribution in [1.29, 1.82) is 0 Å².